The van der Waals surface area contributed by atoms with Crippen LogP contribution in [0.15, 0.2) is 140 Å². The standard InChI is InChI=1S/C18H28N2.C16H23N.C15H21N.C15H19N.C14H22N2O2S.C14H18N2.C12H15F2N/c1-14(2)16-4-5-18-13-20(9-7-17(18)10-16)12-15-6-8-19(3)11-15;1-12(2)14-5-6-16-11-17(10-13-3-4-13)8-7-15(16)9-14;2*1-4-8-16-9-7-13-5-6-14(12(2)3)10-15(13)11-16;1-11(2)12-4-5-14-9-16(7-6-13(14)8-12)10-19(17,18)15-3;1-10(2)11-4-5-14-12(6-11)8-16(3)9-13(14)7-15;1-8(2)9-3-4-11-10(7-9)5-6-15-12(11,13)14/h4-5,10,14-15H,6-9,11-13H2,1-3H3;5-6,9,12-13H,3-4,7-8,10-11H2,1-2H3;4-6,10,12H,1,7-9,11H2,2-3H3;1,5-6,10,12H,7-9,11H2,2-3H3;4-5,8,11,15H,6-7,9-10H2,1-3H3;4-6,10,13H,8-9H2,1-3H3;3-4,7-8,15H,5-6H2,1-2H3. The highest BCUT2D eigenvalue weighted by atomic mass is 32.2. The molecule has 0 radical (unpaired) electrons. The van der Waals surface area contributed by atoms with Crippen molar-refractivity contribution in [2.24, 2.45) is 11.8 Å². The molecule has 16 rings (SSSR count). The van der Waals surface area contributed by atoms with E-state index in [0.29, 0.717) is 60.9 Å². The fourth-order valence-corrected chi connectivity index (χ4v) is 18.6. The fourth-order valence-electron chi connectivity index (χ4n) is 17.8. The van der Waals surface area contributed by atoms with Gasteiger partial charge >= 0.3 is 6.05 Å². The first kappa shape index (κ1) is 94.0. The van der Waals surface area contributed by atoms with Crippen molar-refractivity contribution in [1.82, 2.24) is 44.3 Å². The number of likely N-dealkylation sites (tertiary alicyclic amines) is 1. The number of likely N-dealkylation sites (N-methyl/N-ethyl adjacent to an activating group) is 1. The van der Waals surface area contributed by atoms with Crippen molar-refractivity contribution in [2.75, 3.05) is 112 Å². The molecule has 15 heteroatoms. The third kappa shape index (κ3) is 27.6. The van der Waals surface area contributed by atoms with E-state index in [4.69, 9.17) is 11.7 Å². The average molecular weight is 1640 g/mol. The molecule has 1 saturated carbocycles. The van der Waals surface area contributed by atoms with Gasteiger partial charge in [-0.05, 0) is 250 Å². The van der Waals surface area contributed by atoms with Crippen LogP contribution in [0.2, 0.25) is 0 Å². The van der Waals surface area contributed by atoms with Gasteiger partial charge < -0.3 is 9.80 Å². The van der Waals surface area contributed by atoms with Crippen LogP contribution < -0.4 is 10.0 Å². The smallest absolute Gasteiger partial charge is 0.306 e. The van der Waals surface area contributed by atoms with E-state index in [1.54, 1.807) is 34.4 Å². The summed E-state index contributed by atoms with van der Waals surface area (Å²) in [5.74, 6) is 8.76. The minimum absolute atomic E-state index is 0.0370. The second-order valence-electron chi connectivity index (χ2n) is 37.7. The maximum absolute atomic E-state index is 13.4. The Morgan fingerprint density at radius 1 is 0.462 bits per heavy atom. The van der Waals surface area contributed by atoms with Gasteiger partial charge in [-0.3, -0.25) is 29.8 Å². The maximum atomic E-state index is 13.4. The lowest BCUT2D eigenvalue weighted by Crippen LogP contribution is -2.40. The van der Waals surface area contributed by atoms with Crippen LogP contribution in [0.5, 0.6) is 0 Å². The van der Waals surface area contributed by atoms with E-state index in [0.717, 1.165) is 94.7 Å². The van der Waals surface area contributed by atoms with Gasteiger partial charge in [-0.15, -0.1) is 13.0 Å². The Morgan fingerprint density at radius 3 is 1.29 bits per heavy atom. The number of rotatable bonds is 17. The summed E-state index contributed by atoms with van der Waals surface area (Å²) in [6, 6.07) is 46.1. The number of benzene rings is 7. The van der Waals surface area contributed by atoms with Crippen molar-refractivity contribution in [1.29, 1.82) is 5.26 Å². The minimum atomic E-state index is -3.17. The molecule has 0 aromatic heterocycles. The van der Waals surface area contributed by atoms with Crippen LogP contribution in [0, 0.1) is 35.5 Å². The van der Waals surface area contributed by atoms with E-state index in [9.17, 15) is 17.2 Å². The Morgan fingerprint density at radius 2 is 0.849 bits per heavy atom. The van der Waals surface area contributed by atoms with Gasteiger partial charge in [0.05, 0.1) is 18.5 Å². The van der Waals surface area contributed by atoms with Crippen molar-refractivity contribution in [2.45, 2.75) is 247 Å². The van der Waals surface area contributed by atoms with Crippen molar-refractivity contribution in [3.63, 3.8) is 0 Å². The Balaban J connectivity index is 0.000000146. The number of terminal acetylenes is 1. The molecule has 9 aliphatic rings. The second kappa shape index (κ2) is 44.2. The molecule has 1 aliphatic carbocycles. The van der Waals surface area contributed by atoms with E-state index in [1.807, 2.05) is 17.0 Å². The van der Waals surface area contributed by atoms with Crippen molar-refractivity contribution < 1.29 is 17.2 Å². The number of nitriles is 1. The van der Waals surface area contributed by atoms with Gasteiger partial charge in [0.25, 0.3) is 0 Å². The normalized spacial score (nSPS) is 19.2. The zero-order valence-corrected chi connectivity index (χ0v) is 76.6. The molecule has 8 heterocycles. The third-order valence-electron chi connectivity index (χ3n) is 25.7. The summed E-state index contributed by atoms with van der Waals surface area (Å²) in [7, 11) is 2.62. The lowest BCUT2D eigenvalue weighted by atomic mass is 9.88. The number of sulfonamides is 1. The van der Waals surface area contributed by atoms with Gasteiger partial charge in [0.1, 0.15) is 5.88 Å². The Bertz CT molecular complexity index is 4660. The minimum Gasteiger partial charge on any atom is -0.306 e. The van der Waals surface area contributed by atoms with Gasteiger partial charge in [0.15, 0.2) is 0 Å². The zero-order chi connectivity index (χ0) is 85.8. The highest BCUT2D eigenvalue weighted by Gasteiger charge is 2.37. The van der Waals surface area contributed by atoms with Crippen LogP contribution in [-0.4, -0.2) is 155 Å². The molecule has 0 amide bonds. The molecule has 2 fully saturated rings. The molecular weight excluding hydrogens is 1490 g/mol. The number of fused-ring (bicyclic) bond motifs is 7. The zero-order valence-electron chi connectivity index (χ0n) is 75.8. The molecule has 12 nitrogen and oxygen atoms in total. The molecular formula is C104H146F2N10O2S. The van der Waals surface area contributed by atoms with E-state index in [1.165, 1.54) is 176 Å². The van der Waals surface area contributed by atoms with Crippen LogP contribution in [0.3, 0.4) is 0 Å². The van der Waals surface area contributed by atoms with Crippen molar-refractivity contribution in [3.8, 4) is 18.4 Å². The molecule has 2 unspecified atom stereocenters. The lowest BCUT2D eigenvalue weighted by molar-refractivity contribution is -0.0468. The number of alkyl halides is 2. The first-order chi connectivity index (χ1) is 56.8. The van der Waals surface area contributed by atoms with Crippen LogP contribution in [0.1, 0.15) is 280 Å². The summed E-state index contributed by atoms with van der Waals surface area (Å²) < 4.78 is 52.3. The molecule has 0 spiro atoms. The van der Waals surface area contributed by atoms with E-state index in [2.05, 4.69) is 278 Å². The second-order valence-corrected chi connectivity index (χ2v) is 39.6. The first-order valence-corrected chi connectivity index (χ1v) is 46.7. The van der Waals surface area contributed by atoms with Crippen molar-refractivity contribution >= 4 is 10.0 Å². The van der Waals surface area contributed by atoms with Crippen LogP contribution in [0.4, 0.5) is 8.78 Å². The monoisotopic (exact) mass is 1640 g/mol. The summed E-state index contributed by atoms with van der Waals surface area (Å²) in [6.45, 7) is 54.7. The number of nitrogens with one attached hydrogen (secondary N) is 2. The number of hydrogen-bond acceptors (Lipinski definition) is 11. The molecule has 7 aromatic rings. The van der Waals surface area contributed by atoms with Gasteiger partial charge in [0, 0.05) is 117 Å². The van der Waals surface area contributed by atoms with Gasteiger partial charge in [-0.25, -0.2) is 13.1 Å². The maximum Gasteiger partial charge on any atom is 0.329 e. The van der Waals surface area contributed by atoms with E-state index >= 15 is 0 Å². The summed E-state index contributed by atoms with van der Waals surface area (Å²) in [6.07, 6.45) is 18.1. The highest BCUT2D eigenvalue weighted by molar-refractivity contribution is 7.89. The first-order valence-electron chi connectivity index (χ1n) is 45.1. The molecule has 8 aliphatic heterocycles. The van der Waals surface area contributed by atoms with Crippen molar-refractivity contribution in [3.05, 3.63) is 257 Å². The quantitative estimate of drug-likeness (QED) is 0.0517. The van der Waals surface area contributed by atoms with Crippen LogP contribution >= 0.6 is 0 Å². The summed E-state index contributed by atoms with van der Waals surface area (Å²) in [5, 5.41) is 11.4. The molecule has 119 heavy (non-hydrogen) atoms. The predicted octanol–water partition coefficient (Wildman–Crippen LogP) is 20.4. The average Bonchev–Trinajstić information content (AvgIpc) is 0.864. The Hall–Kier alpha value is -7.22. The lowest BCUT2D eigenvalue weighted by Gasteiger charge is -2.31. The number of hydrogen-bond donors (Lipinski definition) is 2. The highest BCUT2D eigenvalue weighted by Crippen LogP contribution is 2.37. The van der Waals surface area contributed by atoms with Gasteiger partial charge in [-0.2, -0.15) is 14.0 Å². The molecule has 2 atom stereocenters. The topological polar surface area (TPSA) is 105 Å². The molecule has 644 valence electrons. The van der Waals surface area contributed by atoms with Gasteiger partial charge in [-0.1, -0.05) is 236 Å². The SMILES string of the molecule is C#CCN1CCc2ccc(C(C)C)cc2C1.C=CCN1CCc2ccc(C(C)C)cc2C1.CC(C)c1ccc2c(c1)CCN(CC1CC1)C2.CC(C)c1ccc2c(c1)CCN(CC1CCN(C)C1)C2.CC(C)c1ccc2c(c1)CCNC2(F)F.CC(C)c1ccc2c(c1)CN(C)CC2C#N.CNS(=O)(=O)CN1CCc2cc(C(C)C)ccc2C1. The third-order valence-corrected chi connectivity index (χ3v) is 27.0. The van der Waals surface area contributed by atoms with Crippen LogP contribution in [0.25, 0.3) is 0 Å². The van der Waals surface area contributed by atoms with E-state index in [-0.39, 0.29) is 17.4 Å². The molecule has 2 N–H and O–H groups in total. The molecule has 1 saturated heterocycles. The summed E-state index contributed by atoms with van der Waals surface area (Å²) in [5.41, 5.74) is 28.2. The molecule has 7 aromatic carbocycles. The Kier molecular flexibility index (Phi) is 34.9. The number of nitrogens with zero attached hydrogens (tertiary/aromatic N) is 8. The van der Waals surface area contributed by atoms with E-state index < -0.39 is 16.1 Å². The Labute approximate surface area is 719 Å². The summed E-state index contributed by atoms with van der Waals surface area (Å²) >= 11 is 0. The fraction of sp³-hybridized carbons (Fsp3) is 0.548. The number of halogens is 2. The predicted molar refractivity (Wildman–Crippen MR) is 494 cm³/mol. The van der Waals surface area contributed by atoms with Crippen LogP contribution in [-0.2, 0) is 93.9 Å². The van der Waals surface area contributed by atoms with Gasteiger partial charge in [0.2, 0.25) is 10.0 Å². The molecule has 0 bridgehead atoms. The largest absolute Gasteiger partial charge is 0.329 e. The summed E-state index contributed by atoms with van der Waals surface area (Å²) in [4.78, 5) is 16.8.